The summed E-state index contributed by atoms with van der Waals surface area (Å²) in [5.74, 6) is -1.73. The molecule has 1 aliphatic carbocycles. The van der Waals surface area contributed by atoms with Crippen molar-refractivity contribution in [2.75, 3.05) is 0 Å². The molecule has 0 amide bonds. The van der Waals surface area contributed by atoms with Crippen molar-refractivity contribution in [2.45, 2.75) is 70.5 Å². The van der Waals surface area contributed by atoms with Crippen LogP contribution in [0, 0.1) is 0 Å². The third-order valence-electron chi connectivity index (χ3n) is 3.01. The highest BCUT2D eigenvalue weighted by molar-refractivity contribution is 5.77. The topological polar surface area (TPSA) is 113 Å². The molecule has 0 aromatic carbocycles. The SMILES string of the molecule is CC(C)(N)C(=O)O.C[C@H](NC1CCCCC1)C(=O)O. The van der Waals surface area contributed by atoms with Crippen LogP contribution in [0.15, 0.2) is 0 Å². The molecular weight excluding hydrogens is 248 g/mol. The summed E-state index contributed by atoms with van der Waals surface area (Å²) >= 11 is 0. The first-order valence-corrected chi connectivity index (χ1v) is 6.65. The number of nitrogens with two attached hydrogens (primary N) is 1. The van der Waals surface area contributed by atoms with Crippen LogP contribution in [0.25, 0.3) is 0 Å². The molecule has 1 rings (SSSR count). The van der Waals surface area contributed by atoms with Gasteiger partial charge in [-0.05, 0) is 33.6 Å². The van der Waals surface area contributed by atoms with Gasteiger partial charge in [0.1, 0.15) is 11.6 Å². The summed E-state index contributed by atoms with van der Waals surface area (Å²) in [4.78, 5) is 20.4. The summed E-state index contributed by atoms with van der Waals surface area (Å²) < 4.78 is 0. The lowest BCUT2D eigenvalue weighted by molar-refractivity contribution is -0.142. The molecule has 0 aromatic heterocycles. The lowest BCUT2D eigenvalue weighted by Crippen LogP contribution is -2.42. The van der Waals surface area contributed by atoms with Crippen LogP contribution in [-0.2, 0) is 9.59 Å². The van der Waals surface area contributed by atoms with Crippen molar-refractivity contribution in [3.05, 3.63) is 0 Å². The van der Waals surface area contributed by atoms with Crippen molar-refractivity contribution < 1.29 is 19.8 Å². The van der Waals surface area contributed by atoms with Gasteiger partial charge in [0.05, 0.1) is 0 Å². The minimum atomic E-state index is -1.08. The largest absolute Gasteiger partial charge is 0.480 e. The van der Waals surface area contributed by atoms with Crippen molar-refractivity contribution in [3.8, 4) is 0 Å². The number of carbonyl (C=O) groups is 2. The molecular formula is C13H26N2O4. The van der Waals surface area contributed by atoms with Crippen molar-refractivity contribution in [1.82, 2.24) is 5.32 Å². The molecule has 0 saturated heterocycles. The van der Waals surface area contributed by atoms with Gasteiger partial charge in [-0.25, -0.2) is 0 Å². The number of hydrogen-bond donors (Lipinski definition) is 4. The molecule has 112 valence electrons. The van der Waals surface area contributed by atoms with Crippen LogP contribution in [0.2, 0.25) is 0 Å². The zero-order valence-electron chi connectivity index (χ0n) is 12.0. The summed E-state index contributed by atoms with van der Waals surface area (Å²) in [6.07, 6.45) is 6.06. The van der Waals surface area contributed by atoms with Gasteiger partial charge >= 0.3 is 11.9 Å². The molecule has 19 heavy (non-hydrogen) atoms. The van der Waals surface area contributed by atoms with Gasteiger partial charge in [0, 0.05) is 6.04 Å². The number of aliphatic carboxylic acids is 2. The molecule has 0 aliphatic heterocycles. The summed E-state index contributed by atoms with van der Waals surface area (Å²) in [6, 6.07) is 0.0398. The average molecular weight is 274 g/mol. The highest BCUT2D eigenvalue weighted by Crippen LogP contribution is 2.17. The molecule has 1 saturated carbocycles. The fourth-order valence-electron chi connectivity index (χ4n) is 1.69. The van der Waals surface area contributed by atoms with E-state index in [0.717, 1.165) is 12.8 Å². The third-order valence-corrected chi connectivity index (χ3v) is 3.01. The maximum Gasteiger partial charge on any atom is 0.323 e. The average Bonchev–Trinajstić information content (AvgIpc) is 2.29. The maximum absolute atomic E-state index is 10.5. The van der Waals surface area contributed by atoms with Crippen LogP contribution in [0.5, 0.6) is 0 Å². The molecule has 0 aromatic rings. The third kappa shape index (κ3) is 8.56. The second kappa shape index (κ2) is 8.12. The lowest BCUT2D eigenvalue weighted by Gasteiger charge is -2.24. The fraction of sp³-hybridized carbons (Fsp3) is 0.846. The van der Waals surface area contributed by atoms with Gasteiger partial charge in [0.25, 0.3) is 0 Å². The quantitative estimate of drug-likeness (QED) is 0.612. The van der Waals surface area contributed by atoms with Crippen LogP contribution in [0.4, 0.5) is 0 Å². The standard InChI is InChI=1S/C9H17NO2.C4H9NO2/c1-7(9(11)12)10-8-5-3-2-4-6-8;1-4(2,5)3(6)7/h7-8,10H,2-6H2,1H3,(H,11,12);5H2,1-2H3,(H,6,7)/t7-;/m0./s1. The number of nitrogens with one attached hydrogen (secondary N) is 1. The molecule has 5 N–H and O–H groups in total. The molecule has 0 bridgehead atoms. The second-order valence-corrected chi connectivity index (χ2v) is 5.59. The zero-order valence-corrected chi connectivity index (χ0v) is 12.0. The van der Waals surface area contributed by atoms with Crippen LogP contribution in [0.1, 0.15) is 52.9 Å². The Morgan fingerprint density at radius 1 is 1.21 bits per heavy atom. The number of carboxylic acid groups (broad SMARTS) is 2. The van der Waals surface area contributed by atoms with Gasteiger partial charge in [-0.2, -0.15) is 0 Å². The minimum absolute atomic E-state index is 0.395. The molecule has 0 spiro atoms. The molecule has 1 atom stereocenters. The van der Waals surface area contributed by atoms with Crippen molar-refractivity contribution in [3.63, 3.8) is 0 Å². The van der Waals surface area contributed by atoms with Crippen molar-refractivity contribution in [2.24, 2.45) is 5.73 Å². The monoisotopic (exact) mass is 274 g/mol. The number of hydrogen-bond acceptors (Lipinski definition) is 4. The molecule has 0 heterocycles. The van der Waals surface area contributed by atoms with E-state index in [1.807, 2.05) is 0 Å². The lowest BCUT2D eigenvalue weighted by atomic mass is 9.95. The Balaban J connectivity index is 0.000000399. The van der Waals surface area contributed by atoms with E-state index in [9.17, 15) is 9.59 Å². The Labute approximate surface area is 114 Å². The molecule has 1 fully saturated rings. The number of rotatable bonds is 4. The van der Waals surface area contributed by atoms with Gasteiger partial charge in [-0.1, -0.05) is 19.3 Å². The van der Waals surface area contributed by atoms with E-state index in [1.165, 1.54) is 33.1 Å². The Bertz CT molecular complexity index is 294. The Morgan fingerprint density at radius 3 is 1.95 bits per heavy atom. The number of carboxylic acids is 2. The van der Waals surface area contributed by atoms with Crippen molar-refractivity contribution in [1.29, 1.82) is 0 Å². The fourth-order valence-corrected chi connectivity index (χ4v) is 1.69. The first kappa shape index (κ1) is 17.9. The van der Waals surface area contributed by atoms with Crippen molar-refractivity contribution >= 4 is 11.9 Å². The molecule has 1 aliphatic rings. The smallest absolute Gasteiger partial charge is 0.323 e. The summed E-state index contributed by atoms with van der Waals surface area (Å²) in [5.41, 5.74) is 4.00. The normalized spacial score (nSPS) is 18.1. The summed E-state index contributed by atoms with van der Waals surface area (Å²) in [6.45, 7) is 4.58. The molecule has 0 unspecified atom stereocenters. The van der Waals surface area contributed by atoms with E-state index in [0.29, 0.717) is 6.04 Å². The highest BCUT2D eigenvalue weighted by atomic mass is 16.4. The van der Waals surface area contributed by atoms with Crippen LogP contribution < -0.4 is 11.1 Å². The van der Waals surface area contributed by atoms with Crippen LogP contribution >= 0.6 is 0 Å². The van der Waals surface area contributed by atoms with E-state index in [4.69, 9.17) is 15.9 Å². The van der Waals surface area contributed by atoms with Gasteiger partial charge in [0.2, 0.25) is 0 Å². The predicted molar refractivity (Wildman–Crippen MR) is 73.0 cm³/mol. The zero-order chi connectivity index (χ0) is 15.1. The first-order chi connectivity index (χ1) is 8.64. The van der Waals surface area contributed by atoms with Crippen LogP contribution in [0.3, 0.4) is 0 Å². The second-order valence-electron chi connectivity index (χ2n) is 5.59. The Kier molecular flexibility index (Phi) is 7.63. The van der Waals surface area contributed by atoms with Gasteiger partial charge in [-0.15, -0.1) is 0 Å². The van der Waals surface area contributed by atoms with Gasteiger partial charge in [-0.3, -0.25) is 9.59 Å². The Hall–Kier alpha value is -1.14. The van der Waals surface area contributed by atoms with E-state index < -0.39 is 23.5 Å². The summed E-state index contributed by atoms with van der Waals surface area (Å²) in [5, 5.41) is 19.9. The van der Waals surface area contributed by atoms with Gasteiger partial charge < -0.3 is 21.3 Å². The first-order valence-electron chi connectivity index (χ1n) is 6.65. The van der Waals surface area contributed by atoms with E-state index in [-0.39, 0.29) is 0 Å². The summed E-state index contributed by atoms with van der Waals surface area (Å²) in [7, 11) is 0. The van der Waals surface area contributed by atoms with E-state index >= 15 is 0 Å². The Morgan fingerprint density at radius 2 is 1.63 bits per heavy atom. The van der Waals surface area contributed by atoms with E-state index in [1.54, 1.807) is 6.92 Å². The van der Waals surface area contributed by atoms with Crippen LogP contribution in [-0.4, -0.2) is 39.8 Å². The molecule has 6 heteroatoms. The molecule has 0 radical (unpaired) electrons. The minimum Gasteiger partial charge on any atom is -0.480 e. The van der Waals surface area contributed by atoms with E-state index in [2.05, 4.69) is 5.32 Å². The molecule has 6 nitrogen and oxygen atoms in total. The van der Waals surface area contributed by atoms with Gasteiger partial charge in [0.15, 0.2) is 0 Å². The highest BCUT2D eigenvalue weighted by Gasteiger charge is 2.19. The maximum atomic E-state index is 10.5. The predicted octanol–water partition coefficient (Wildman–Crippen LogP) is 1.19.